The van der Waals surface area contributed by atoms with Crippen LogP contribution in [0.4, 0.5) is 0 Å². The number of benzene rings is 8. The molecule has 8 aromatic carbocycles. The Kier molecular flexibility index (Phi) is 44.3. The fraction of sp³-hybridized carbons (Fsp3) is 0.182. The molecule has 0 spiro atoms. The Morgan fingerprint density at radius 2 is 0.580 bits per heavy atom. The molecule has 0 aliphatic rings. The van der Waals surface area contributed by atoms with Gasteiger partial charge in [0.25, 0.3) is 0 Å². The van der Waals surface area contributed by atoms with E-state index in [1.165, 1.54) is 115 Å². The average molecular weight is 1160 g/mol. The van der Waals surface area contributed by atoms with E-state index in [1.807, 2.05) is 85.0 Å². The SMILES string of the molecule is C=C/C=C/CCc1ccc(C)cc1.C=C/C=C/CCc1cccc(C)c1.C=C/C=C/c1ccc(C)cc1.C=C/C=C/c1cccc(C)c1.C=Cc1ccc(C)cc1.C=Cc1ccc(CCC)cc1.C=Cc1cccc(C)c1.C=Cc1cccc(CCC)c1. The van der Waals surface area contributed by atoms with E-state index in [-0.39, 0.29) is 0 Å². The molecule has 0 aliphatic heterocycles. The Morgan fingerprint density at radius 3 is 1.00 bits per heavy atom. The van der Waals surface area contributed by atoms with E-state index in [2.05, 4.69) is 302 Å². The topological polar surface area (TPSA) is 0 Å². The van der Waals surface area contributed by atoms with Crippen molar-refractivity contribution in [3.63, 3.8) is 0 Å². The van der Waals surface area contributed by atoms with Gasteiger partial charge in [0.15, 0.2) is 0 Å². The number of hydrogen-bond donors (Lipinski definition) is 0. The highest BCUT2D eigenvalue weighted by atomic mass is 14.0. The Bertz CT molecular complexity index is 3300. The third kappa shape index (κ3) is 40.0. The Morgan fingerprint density at radius 1 is 0.261 bits per heavy atom. The standard InChI is InChI=1S/2C13H16.2C11H12.2C11H14.2C9H10/c1-3-4-5-6-9-13-10-7-8-12(2)11-13;1-3-4-5-6-7-13-10-8-12(2)9-11-13;1-3-4-7-11-8-5-6-10(2)9-11;1-3-4-5-11-8-6-10(2)7-9-11;1-3-6-11-8-5-7-10(4-2)9-11;1-3-5-11-8-6-10(4-2)7-9-11;1-3-9-6-4-8(2)5-7-9;1-3-9-6-4-5-8(2)7-9/h3-5,7-8,10-11H,1,6,9H2,2H3;3-5,8-11H,1,6-7H2,2H3;2*3-9H,1H2,2H3;4-5,7-9H,2-3,6H2,1H3;4,6-9H,2-3,5H2,1H3;2*3-7H,1H2,2H3/b2*5-4+;7-4+;5-4+;;;;. The molecule has 0 nitrogen and oxygen atoms in total. The zero-order valence-electron chi connectivity index (χ0n) is 55.0. The van der Waals surface area contributed by atoms with Gasteiger partial charge < -0.3 is 0 Å². The van der Waals surface area contributed by atoms with Gasteiger partial charge in [-0.2, -0.15) is 0 Å². The van der Waals surface area contributed by atoms with Crippen LogP contribution in [0.3, 0.4) is 0 Å². The Hall–Kier alpha value is -9.36. The summed E-state index contributed by atoms with van der Waals surface area (Å²) in [6, 6.07) is 67.7. The fourth-order valence-electron chi connectivity index (χ4n) is 8.09. The van der Waals surface area contributed by atoms with Crippen molar-refractivity contribution in [1.29, 1.82) is 0 Å². The number of rotatable bonds is 20. The van der Waals surface area contributed by atoms with Gasteiger partial charge in [0.05, 0.1) is 0 Å². The van der Waals surface area contributed by atoms with Crippen molar-refractivity contribution in [1.82, 2.24) is 0 Å². The maximum Gasteiger partial charge on any atom is -0.0244 e. The molecule has 0 saturated heterocycles. The van der Waals surface area contributed by atoms with Gasteiger partial charge in [-0.05, 0) is 136 Å². The fourth-order valence-corrected chi connectivity index (χ4v) is 8.09. The first-order valence-electron chi connectivity index (χ1n) is 30.9. The van der Waals surface area contributed by atoms with Crippen LogP contribution in [-0.2, 0) is 25.7 Å². The number of hydrogen-bond acceptors (Lipinski definition) is 0. The summed E-state index contributed by atoms with van der Waals surface area (Å²) in [4.78, 5) is 0. The van der Waals surface area contributed by atoms with E-state index in [1.54, 1.807) is 12.2 Å². The lowest BCUT2D eigenvalue weighted by molar-refractivity contribution is 0.921. The second-order valence-electron chi connectivity index (χ2n) is 21.0. The molecule has 8 rings (SSSR count). The van der Waals surface area contributed by atoms with Gasteiger partial charge in [0.2, 0.25) is 0 Å². The molecule has 0 atom stereocenters. The van der Waals surface area contributed by atoms with E-state index in [0.717, 1.165) is 25.7 Å². The monoisotopic (exact) mass is 1160 g/mol. The van der Waals surface area contributed by atoms with Gasteiger partial charge in [-0.3, -0.25) is 0 Å². The van der Waals surface area contributed by atoms with Gasteiger partial charge >= 0.3 is 0 Å². The molecule has 0 unspecified atom stereocenters. The number of aryl methyl sites for hydroxylation is 10. The first kappa shape index (κ1) is 76.7. The molecule has 456 valence electrons. The largest absolute Gasteiger partial charge is 0.0991 e. The summed E-state index contributed by atoms with van der Waals surface area (Å²) >= 11 is 0. The van der Waals surface area contributed by atoms with Crippen LogP contribution < -0.4 is 0 Å². The van der Waals surface area contributed by atoms with Gasteiger partial charge in [0.1, 0.15) is 0 Å². The van der Waals surface area contributed by atoms with E-state index in [0.29, 0.717) is 0 Å². The second kappa shape index (κ2) is 50.9. The van der Waals surface area contributed by atoms with E-state index >= 15 is 0 Å². The maximum absolute atomic E-state index is 3.73. The summed E-state index contributed by atoms with van der Waals surface area (Å²) in [5.74, 6) is 0. The molecule has 8 aromatic rings. The zero-order chi connectivity index (χ0) is 64.8. The van der Waals surface area contributed by atoms with Crippen LogP contribution in [0.25, 0.3) is 36.5 Å². The van der Waals surface area contributed by atoms with Crippen LogP contribution in [-0.4, -0.2) is 0 Å². The Balaban J connectivity index is 0.000000504. The lowest BCUT2D eigenvalue weighted by atomic mass is 10.1. The van der Waals surface area contributed by atoms with Crippen molar-refractivity contribution < 1.29 is 0 Å². The van der Waals surface area contributed by atoms with E-state index in [4.69, 9.17) is 0 Å². The van der Waals surface area contributed by atoms with Crippen molar-refractivity contribution in [3.05, 3.63) is 397 Å². The first-order chi connectivity index (χ1) is 42.7. The molecule has 0 aliphatic carbocycles. The van der Waals surface area contributed by atoms with Crippen LogP contribution in [0.5, 0.6) is 0 Å². The van der Waals surface area contributed by atoms with Gasteiger partial charge in [0, 0.05) is 0 Å². The summed E-state index contributed by atoms with van der Waals surface area (Å²) in [5, 5.41) is 0. The summed E-state index contributed by atoms with van der Waals surface area (Å²) < 4.78 is 0. The molecular weight excluding hydrogens is 1060 g/mol. The maximum atomic E-state index is 3.73. The summed E-state index contributed by atoms with van der Waals surface area (Å²) in [5.41, 5.74) is 20.7. The number of allylic oxidation sites excluding steroid dienone is 10. The van der Waals surface area contributed by atoms with Crippen molar-refractivity contribution >= 4 is 36.5 Å². The van der Waals surface area contributed by atoms with Crippen LogP contribution in [0.15, 0.2) is 308 Å². The van der Waals surface area contributed by atoms with Crippen molar-refractivity contribution in [2.24, 2.45) is 0 Å². The summed E-state index contributed by atoms with van der Waals surface area (Å²) in [6.07, 6.45) is 40.1. The van der Waals surface area contributed by atoms with Gasteiger partial charge in [-0.25, -0.2) is 0 Å². The average Bonchev–Trinajstić information content (AvgIpc) is 3.56. The predicted molar refractivity (Wildman–Crippen MR) is 402 cm³/mol. The summed E-state index contributed by atoms with van der Waals surface area (Å²) in [7, 11) is 0. The van der Waals surface area contributed by atoms with E-state index in [9.17, 15) is 0 Å². The molecule has 0 N–H and O–H groups in total. The third-order valence-electron chi connectivity index (χ3n) is 13.0. The normalized spacial score (nSPS) is 9.91. The molecule has 0 bridgehead atoms. The summed E-state index contributed by atoms with van der Waals surface area (Å²) in [6.45, 7) is 46.2. The van der Waals surface area contributed by atoms with Crippen LogP contribution >= 0.6 is 0 Å². The van der Waals surface area contributed by atoms with Gasteiger partial charge in [-0.1, -0.05) is 404 Å². The Labute approximate surface area is 536 Å². The van der Waals surface area contributed by atoms with E-state index < -0.39 is 0 Å². The molecule has 0 saturated carbocycles. The highest BCUT2D eigenvalue weighted by molar-refractivity contribution is 5.53. The lowest BCUT2D eigenvalue weighted by Crippen LogP contribution is -1.83. The van der Waals surface area contributed by atoms with Crippen molar-refractivity contribution in [3.8, 4) is 0 Å². The molecule has 0 radical (unpaired) electrons. The van der Waals surface area contributed by atoms with Crippen LogP contribution in [0.1, 0.15) is 129 Å². The molecule has 0 fully saturated rings. The molecule has 88 heavy (non-hydrogen) atoms. The molecule has 0 aromatic heterocycles. The second-order valence-corrected chi connectivity index (χ2v) is 21.0. The quantitative estimate of drug-likeness (QED) is 0.0667. The first-order valence-corrected chi connectivity index (χ1v) is 30.9. The van der Waals surface area contributed by atoms with Gasteiger partial charge in [-0.15, -0.1) is 0 Å². The van der Waals surface area contributed by atoms with Crippen LogP contribution in [0.2, 0.25) is 0 Å². The predicted octanol–water partition coefficient (Wildman–Crippen LogP) is 25.6. The highest BCUT2D eigenvalue weighted by Gasteiger charge is 1.94. The minimum atomic E-state index is 1.09. The molecule has 0 amide bonds. The van der Waals surface area contributed by atoms with Crippen molar-refractivity contribution in [2.75, 3.05) is 0 Å². The smallest absolute Gasteiger partial charge is 0.0244 e. The highest BCUT2D eigenvalue weighted by Crippen LogP contribution is 2.12. The zero-order valence-corrected chi connectivity index (χ0v) is 55.0. The minimum Gasteiger partial charge on any atom is -0.0991 e. The third-order valence-corrected chi connectivity index (χ3v) is 13.0. The molecular formula is C88H104. The van der Waals surface area contributed by atoms with Crippen LogP contribution in [0, 0.1) is 41.5 Å². The molecule has 0 heteroatoms. The van der Waals surface area contributed by atoms with Crippen molar-refractivity contribution in [2.45, 2.75) is 107 Å². The minimum absolute atomic E-state index is 1.09. The molecule has 0 heterocycles. The lowest BCUT2D eigenvalue weighted by Gasteiger charge is -1.98.